The van der Waals surface area contributed by atoms with E-state index in [9.17, 15) is 14.9 Å². The third-order valence-electron chi connectivity index (χ3n) is 2.99. The van der Waals surface area contributed by atoms with Gasteiger partial charge in [0.15, 0.2) is 5.76 Å². The van der Waals surface area contributed by atoms with Crippen LogP contribution in [-0.4, -0.2) is 21.7 Å². The molecule has 0 saturated heterocycles. The molecule has 0 unspecified atom stereocenters. The van der Waals surface area contributed by atoms with Crippen molar-refractivity contribution in [1.29, 1.82) is 0 Å². The Labute approximate surface area is 112 Å². The maximum Gasteiger partial charge on any atom is 0.433 e. The minimum Gasteiger partial charge on any atom is -0.395 e. The quantitative estimate of drug-likeness (QED) is 0.527. The molecule has 0 aromatic carbocycles. The minimum absolute atomic E-state index is 0.0114. The number of carbonyl (C=O) groups is 1. The van der Waals surface area contributed by atoms with Gasteiger partial charge in [0.1, 0.15) is 4.92 Å². The molecule has 18 heavy (non-hydrogen) atoms. The maximum absolute atomic E-state index is 11.8. The Balaban J connectivity index is 1.93. The first-order valence-electron chi connectivity index (χ1n) is 5.75. The Kier molecular flexibility index (Phi) is 4.00. The van der Waals surface area contributed by atoms with E-state index in [1.54, 1.807) is 0 Å². The number of amides is 1. The number of carbonyl (C=O) groups excluding carboxylic acids is 1. The van der Waals surface area contributed by atoms with Crippen molar-refractivity contribution in [3.8, 4) is 0 Å². The third-order valence-corrected chi connectivity index (χ3v) is 3.90. The van der Waals surface area contributed by atoms with Gasteiger partial charge in [-0.05, 0) is 31.7 Å². The number of nitrogens with zero attached hydrogens (tertiary/aromatic N) is 1. The summed E-state index contributed by atoms with van der Waals surface area (Å²) in [7, 11) is 0. The molecule has 0 bridgehead atoms. The lowest BCUT2D eigenvalue weighted by atomic mass is 9.95. The highest BCUT2D eigenvalue weighted by Crippen LogP contribution is 2.24. The monoisotopic (exact) mass is 316 g/mol. The van der Waals surface area contributed by atoms with E-state index >= 15 is 0 Å². The molecule has 1 aromatic heterocycles. The van der Waals surface area contributed by atoms with Gasteiger partial charge < -0.3 is 9.73 Å². The SMILES string of the molecule is O=C(NC1CCC(Br)CC1)c1ccc([N+](=O)[O-])o1. The number of alkyl halides is 1. The summed E-state index contributed by atoms with van der Waals surface area (Å²) in [5, 5.41) is 13.3. The lowest BCUT2D eigenvalue weighted by Crippen LogP contribution is -2.37. The van der Waals surface area contributed by atoms with Gasteiger partial charge in [0.2, 0.25) is 0 Å². The fourth-order valence-electron chi connectivity index (χ4n) is 2.00. The van der Waals surface area contributed by atoms with Gasteiger partial charge in [0, 0.05) is 10.9 Å². The van der Waals surface area contributed by atoms with Crippen molar-refractivity contribution >= 4 is 27.7 Å². The number of furan rings is 1. The van der Waals surface area contributed by atoms with Gasteiger partial charge in [0.25, 0.3) is 5.91 Å². The summed E-state index contributed by atoms with van der Waals surface area (Å²) in [5.74, 6) is -0.812. The molecule has 1 fully saturated rings. The molecule has 1 aromatic rings. The second-order valence-corrected chi connectivity index (χ2v) is 5.61. The number of halogens is 1. The van der Waals surface area contributed by atoms with E-state index in [0.717, 1.165) is 25.7 Å². The van der Waals surface area contributed by atoms with Crippen LogP contribution in [0.15, 0.2) is 16.5 Å². The number of nitro groups is 1. The summed E-state index contributed by atoms with van der Waals surface area (Å²) >= 11 is 3.54. The van der Waals surface area contributed by atoms with Crippen LogP contribution in [0.25, 0.3) is 0 Å². The van der Waals surface area contributed by atoms with Gasteiger partial charge in [0.05, 0.1) is 6.07 Å². The maximum atomic E-state index is 11.8. The Hall–Kier alpha value is -1.37. The van der Waals surface area contributed by atoms with Crippen molar-refractivity contribution in [2.24, 2.45) is 0 Å². The predicted molar refractivity (Wildman–Crippen MR) is 67.8 cm³/mol. The molecule has 1 aliphatic rings. The van der Waals surface area contributed by atoms with Crippen LogP contribution < -0.4 is 5.32 Å². The molecule has 98 valence electrons. The molecule has 1 N–H and O–H groups in total. The Morgan fingerprint density at radius 2 is 2.06 bits per heavy atom. The van der Waals surface area contributed by atoms with E-state index in [4.69, 9.17) is 4.42 Å². The van der Waals surface area contributed by atoms with Crippen LogP contribution in [0.4, 0.5) is 5.88 Å². The van der Waals surface area contributed by atoms with Gasteiger partial charge in [-0.2, -0.15) is 0 Å². The molecule has 0 radical (unpaired) electrons. The van der Waals surface area contributed by atoms with Gasteiger partial charge in [-0.3, -0.25) is 14.9 Å². The van der Waals surface area contributed by atoms with E-state index < -0.39 is 10.8 Å². The second kappa shape index (κ2) is 5.51. The van der Waals surface area contributed by atoms with Gasteiger partial charge in [-0.25, -0.2) is 0 Å². The van der Waals surface area contributed by atoms with E-state index in [1.165, 1.54) is 12.1 Å². The van der Waals surface area contributed by atoms with Crippen LogP contribution in [0, 0.1) is 10.1 Å². The lowest BCUT2D eigenvalue weighted by Gasteiger charge is -2.25. The van der Waals surface area contributed by atoms with E-state index in [2.05, 4.69) is 21.2 Å². The summed E-state index contributed by atoms with van der Waals surface area (Å²) < 4.78 is 4.85. The number of rotatable bonds is 3. The van der Waals surface area contributed by atoms with Gasteiger partial charge in [-0.15, -0.1) is 0 Å². The Bertz CT molecular complexity index is 452. The zero-order valence-electron chi connectivity index (χ0n) is 9.60. The third kappa shape index (κ3) is 3.10. The highest BCUT2D eigenvalue weighted by molar-refractivity contribution is 9.09. The summed E-state index contributed by atoms with van der Waals surface area (Å²) in [6.45, 7) is 0. The molecule has 0 aliphatic heterocycles. The van der Waals surface area contributed by atoms with Gasteiger partial charge >= 0.3 is 5.88 Å². The molecule has 2 rings (SSSR count). The zero-order valence-corrected chi connectivity index (χ0v) is 11.2. The zero-order chi connectivity index (χ0) is 13.1. The molecule has 1 heterocycles. The molecule has 6 nitrogen and oxygen atoms in total. The molecule has 1 amide bonds. The van der Waals surface area contributed by atoms with Crippen LogP contribution in [0.2, 0.25) is 0 Å². The molecular weight excluding hydrogens is 304 g/mol. The summed E-state index contributed by atoms with van der Waals surface area (Å²) in [5.41, 5.74) is 0. The molecule has 1 aliphatic carbocycles. The second-order valence-electron chi connectivity index (χ2n) is 4.32. The Morgan fingerprint density at radius 3 is 2.61 bits per heavy atom. The normalized spacial score (nSPS) is 23.6. The highest BCUT2D eigenvalue weighted by Gasteiger charge is 2.23. The fraction of sp³-hybridized carbons (Fsp3) is 0.545. The number of hydrogen-bond donors (Lipinski definition) is 1. The fourth-order valence-corrected chi connectivity index (χ4v) is 2.53. The Morgan fingerprint density at radius 1 is 1.39 bits per heavy atom. The van der Waals surface area contributed by atoms with Crippen molar-refractivity contribution in [3.05, 3.63) is 28.0 Å². The number of hydrogen-bond acceptors (Lipinski definition) is 4. The highest BCUT2D eigenvalue weighted by atomic mass is 79.9. The van der Waals surface area contributed by atoms with Crippen LogP contribution in [0.3, 0.4) is 0 Å². The van der Waals surface area contributed by atoms with Crippen molar-refractivity contribution in [1.82, 2.24) is 5.32 Å². The van der Waals surface area contributed by atoms with Crippen molar-refractivity contribution in [2.75, 3.05) is 0 Å². The largest absolute Gasteiger partial charge is 0.433 e. The molecule has 0 spiro atoms. The van der Waals surface area contributed by atoms with Crippen LogP contribution in [-0.2, 0) is 0 Å². The average molecular weight is 317 g/mol. The lowest BCUT2D eigenvalue weighted by molar-refractivity contribution is -0.402. The van der Waals surface area contributed by atoms with Crippen molar-refractivity contribution < 1.29 is 14.1 Å². The topological polar surface area (TPSA) is 85.4 Å². The van der Waals surface area contributed by atoms with Crippen molar-refractivity contribution in [3.63, 3.8) is 0 Å². The van der Waals surface area contributed by atoms with Crippen LogP contribution in [0.5, 0.6) is 0 Å². The van der Waals surface area contributed by atoms with Crippen LogP contribution in [0.1, 0.15) is 36.2 Å². The van der Waals surface area contributed by atoms with Gasteiger partial charge in [-0.1, -0.05) is 15.9 Å². The summed E-state index contributed by atoms with van der Waals surface area (Å²) in [6.07, 6.45) is 3.85. The number of nitrogens with one attached hydrogen (secondary N) is 1. The van der Waals surface area contributed by atoms with E-state index in [-0.39, 0.29) is 17.7 Å². The summed E-state index contributed by atoms with van der Waals surface area (Å²) in [4.78, 5) is 22.1. The van der Waals surface area contributed by atoms with Crippen LogP contribution >= 0.6 is 15.9 Å². The molecule has 0 atom stereocenters. The first-order valence-corrected chi connectivity index (χ1v) is 6.67. The van der Waals surface area contributed by atoms with E-state index in [0.29, 0.717) is 4.83 Å². The first-order chi connectivity index (χ1) is 8.56. The standard InChI is InChI=1S/C11H13BrN2O4/c12-7-1-3-8(4-2-7)13-11(15)9-5-6-10(18-9)14(16)17/h5-8H,1-4H2,(H,13,15). The molecule has 1 saturated carbocycles. The average Bonchev–Trinajstić information content (AvgIpc) is 2.81. The predicted octanol–water partition coefficient (Wildman–Crippen LogP) is 2.62. The van der Waals surface area contributed by atoms with Crippen molar-refractivity contribution in [2.45, 2.75) is 36.6 Å². The first kappa shape index (κ1) is 13.1. The molecular formula is C11H13BrN2O4. The van der Waals surface area contributed by atoms with E-state index in [1.807, 2.05) is 0 Å². The summed E-state index contributed by atoms with van der Waals surface area (Å²) in [6, 6.07) is 2.63. The molecule has 7 heteroatoms. The smallest absolute Gasteiger partial charge is 0.395 e. The minimum atomic E-state index is -0.660.